The summed E-state index contributed by atoms with van der Waals surface area (Å²) >= 11 is 0. The first-order valence-corrected chi connectivity index (χ1v) is 8.47. The molecule has 0 spiro atoms. The van der Waals surface area contributed by atoms with Crippen molar-refractivity contribution in [1.29, 1.82) is 0 Å². The molecular formula is C21H18N2O5. The molecule has 1 amide bonds. The van der Waals surface area contributed by atoms with Crippen molar-refractivity contribution in [2.75, 3.05) is 6.61 Å². The molecule has 7 nitrogen and oxygen atoms in total. The molecule has 142 valence electrons. The van der Waals surface area contributed by atoms with Crippen molar-refractivity contribution in [3.05, 3.63) is 83.8 Å². The van der Waals surface area contributed by atoms with Gasteiger partial charge >= 0.3 is 5.97 Å². The Kier molecular flexibility index (Phi) is 6.20. The summed E-state index contributed by atoms with van der Waals surface area (Å²) in [5.74, 6) is 0.0629. The molecule has 0 radical (unpaired) electrons. The van der Waals surface area contributed by atoms with Gasteiger partial charge in [0.25, 0.3) is 5.91 Å². The average molecular weight is 378 g/mol. The van der Waals surface area contributed by atoms with Crippen LogP contribution in [0.2, 0.25) is 0 Å². The number of rotatable bonds is 7. The first kappa shape index (κ1) is 18.9. The lowest BCUT2D eigenvalue weighted by atomic mass is 10.2. The summed E-state index contributed by atoms with van der Waals surface area (Å²) in [5, 5.41) is 3.87. The molecule has 0 aliphatic heterocycles. The SMILES string of the molecule is Cc1ccc(OCC(=O)NN=Cc2cccc(OC(=O)c3ccco3)c2)cc1. The number of hydrogen-bond donors (Lipinski definition) is 1. The zero-order chi connectivity index (χ0) is 19.8. The van der Waals surface area contributed by atoms with Crippen molar-refractivity contribution in [3.8, 4) is 11.5 Å². The van der Waals surface area contributed by atoms with Crippen LogP contribution in [-0.4, -0.2) is 24.7 Å². The molecule has 3 aromatic rings. The topological polar surface area (TPSA) is 90.1 Å². The lowest BCUT2D eigenvalue weighted by Gasteiger charge is -2.05. The summed E-state index contributed by atoms with van der Waals surface area (Å²) in [4.78, 5) is 23.7. The quantitative estimate of drug-likeness (QED) is 0.295. The molecule has 28 heavy (non-hydrogen) atoms. The standard InChI is InChI=1S/C21H18N2O5/c1-15-7-9-17(10-8-15)27-14-20(24)23-22-13-16-4-2-5-18(12-16)28-21(25)19-6-3-11-26-19/h2-13H,14H2,1H3,(H,23,24). The van der Waals surface area contributed by atoms with Crippen molar-refractivity contribution in [1.82, 2.24) is 5.43 Å². The van der Waals surface area contributed by atoms with Crippen molar-refractivity contribution in [2.45, 2.75) is 6.92 Å². The minimum Gasteiger partial charge on any atom is -0.484 e. The number of benzene rings is 2. The summed E-state index contributed by atoms with van der Waals surface area (Å²) in [6.07, 6.45) is 2.83. The van der Waals surface area contributed by atoms with Gasteiger partial charge in [0.15, 0.2) is 6.61 Å². The van der Waals surface area contributed by atoms with Crippen molar-refractivity contribution >= 4 is 18.1 Å². The van der Waals surface area contributed by atoms with E-state index in [4.69, 9.17) is 13.9 Å². The maximum atomic E-state index is 11.9. The fourth-order valence-electron chi connectivity index (χ4n) is 2.20. The fraction of sp³-hybridized carbons (Fsp3) is 0.0952. The van der Waals surface area contributed by atoms with Gasteiger partial charge in [0.1, 0.15) is 11.5 Å². The van der Waals surface area contributed by atoms with Crippen LogP contribution in [0.1, 0.15) is 21.7 Å². The number of carbonyl (C=O) groups excluding carboxylic acids is 2. The van der Waals surface area contributed by atoms with Crippen molar-refractivity contribution < 1.29 is 23.5 Å². The Labute approximate surface area is 161 Å². The Hall–Kier alpha value is -3.87. The minimum absolute atomic E-state index is 0.111. The van der Waals surface area contributed by atoms with Gasteiger partial charge in [0, 0.05) is 0 Å². The highest BCUT2D eigenvalue weighted by Crippen LogP contribution is 2.14. The van der Waals surface area contributed by atoms with E-state index in [1.165, 1.54) is 18.5 Å². The van der Waals surface area contributed by atoms with Crippen molar-refractivity contribution in [2.24, 2.45) is 5.10 Å². The molecule has 2 aromatic carbocycles. The molecule has 0 unspecified atom stereocenters. The van der Waals surface area contributed by atoms with E-state index in [-0.39, 0.29) is 12.4 Å². The van der Waals surface area contributed by atoms with Gasteiger partial charge < -0.3 is 13.9 Å². The first-order chi connectivity index (χ1) is 13.6. The second-order valence-corrected chi connectivity index (χ2v) is 5.83. The van der Waals surface area contributed by atoms with E-state index >= 15 is 0 Å². The number of aryl methyl sites for hydroxylation is 1. The van der Waals surface area contributed by atoms with Crippen LogP contribution in [0.4, 0.5) is 0 Å². The van der Waals surface area contributed by atoms with Crippen LogP contribution < -0.4 is 14.9 Å². The molecule has 1 heterocycles. The zero-order valence-electron chi connectivity index (χ0n) is 15.1. The van der Waals surface area contributed by atoms with Crippen LogP contribution in [0.3, 0.4) is 0 Å². The monoisotopic (exact) mass is 378 g/mol. The molecule has 0 aliphatic rings. The van der Waals surface area contributed by atoms with E-state index in [9.17, 15) is 9.59 Å². The van der Waals surface area contributed by atoms with E-state index in [0.29, 0.717) is 17.1 Å². The van der Waals surface area contributed by atoms with Gasteiger partial charge in [-0.15, -0.1) is 0 Å². The zero-order valence-corrected chi connectivity index (χ0v) is 15.1. The highest BCUT2D eigenvalue weighted by molar-refractivity contribution is 5.88. The predicted molar refractivity (Wildman–Crippen MR) is 103 cm³/mol. The van der Waals surface area contributed by atoms with Gasteiger partial charge in [-0.25, -0.2) is 10.2 Å². The number of nitrogens with one attached hydrogen (secondary N) is 1. The van der Waals surface area contributed by atoms with E-state index in [2.05, 4.69) is 10.5 Å². The average Bonchev–Trinajstić information content (AvgIpc) is 3.23. The molecular weight excluding hydrogens is 360 g/mol. The van der Waals surface area contributed by atoms with Crippen LogP contribution in [0.15, 0.2) is 76.4 Å². The largest absolute Gasteiger partial charge is 0.484 e. The van der Waals surface area contributed by atoms with Crippen molar-refractivity contribution in [3.63, 3.8) is 0 Å². The van der Waals surface area contributed by atoms with Crippen LogP contribution in [-0.2, 0) is 4.79 Å². The van der Waals surface area contributed by atoms with E-state index in [0.717, 1.165) is 5.56 Å². The molecule has 0 saturated carbocycles. The Morgan fingerprint density at radius 2 is 1.89 bits per heavy atom. The van der Waals surface area contributed by atoms with Crippen LogP contribution in [0.25, 0.3) is 0 Å². The molecule has 3 rings (SSSR count). The summed E-state index contributed by atoms with van der Waals surface area (Å²) in [7, 11) is 0. The summed E-state index contributed by atoms with van der Waals surface area (Å²) in [6.45, 7) is 1.82. The molecule has 0 atom stereocenters. The maximum absolute atomic E-state index is 11.9. The molecule has 0 aliphatic carbocycles. The predicted octanol–water partition coefficient (Wildman–Crippen LogP) is 3.34. The van der Waals surface area contributed by atoms with Crippen LogP contribution >= 0.6 is 0 Å². The van der Waals surface area contributed by atoms with E-state index in [1.807, 2.05) is 19.1 Å². The molecule has 0 fully saturated rings. The number of furan rings is 1. The maximum Gasteiger partial charge on any atom is 0.379 e. The summed E-state index contributed by atoms with van der Waals surface area (Å²) < 4.78 is 15.6. The van der Waals surface area contributed by atoms with Gasteiger partial charge in [0.2, 0.25) is 5.76 Å². The number of hydrogen-bond acceptors (Lipinski definition) is 6. The Bertz CT molecular complexity index is 963. The minimum atomic E-state index is -0.597. The fourth-order valence-corrected chi connectivity index (χ4v) is 2.20. The Morgan fingerprint density at radius 1 is 1.07 bits per heavy atom. The number of esters is 1. The third kappa shape index (κ3) is 5.57. The van der Waals surface area contributed by atoms with Gasteiger partial charge in [-0.05, 0) is 48.9 Å². The van der Waals surface area contributed by atoms with Gasteiger partial charge in [0.05, 0.1) is 12.5 Å². The lowest BCUT2D eigenvalue weighted by molar-refractivity contribution is -0.123. The van der Waals surface area contributed by atoms with Gasteiger partial charge in [-0.1, -0.05) is 29.8 Å². The van der Waals surface area contributed by atoms with E-state index in [1.54, 1.807) is 42.5 Å². The number of carbonyl (C=O) groups is 2. The van der Waals surface area contributed by atoms with E-state index < -0.39 is 11.9 Å². The van der Waals surface area contributed by atoms with Gasteiger partial charge in [-0.2, -0.15) is 5.10 Å². The second-order valence-electron chi connectivity index (χ2n) is 5.83. The van der Waals surface area contributed by atoms with Crippen LogP contribution in [0, 0.1) is 6.92 Å². The Morgan fingerprint density at radius 3 is 2.64 bits per heavy atom. The molecule has 7 heteroatoms. The lowest BCUT2D eigenvalue weighted by Crippen LogP contribution is -2.24. The smallest absolute Gasteiger partial charge is 0.379 e. The summed E-state index contributed by atoms with van der Waals surface area (Å²) in [6, 6.07) is 17.2. The number of nitrogens with zero attached hydrogens (tertiary/aromatic N) is 1. The number of amides is 1. The number of ether oxygens (including phenoxy) is 2. The molecule has 0 bridgehead atoms. The van der Waals surface area contributed by atoms with Crippen LogP contribution in [0.5, 0.6) is 11.5 Å². The van der Waals surface area contributed by atoms with Gasteiger partial charge in [-0.3, -0.25) is 4.79 Å². The Balaban J connectivity index is 1.49. The normalized spacial score (nSPS) is 10.6. The summed E-state index contributed by atoms with van der Waals surface area (Å²) in [5.41, 5.74) is 4.13. The molecule has 1 aromatic heterocycles. The highest BCUT2D eigenvalue weighted by Gasteiger charge is 2.11. The molecule has 1 N–H and O–H groups in total. The second kappa shape index (κ2) is 9.18. The molecule has 0 saturated heterocycles. The third-order valence-electron chi connectivity index (χ3n) is 3.58. The highest BCUT2D eigenvalue weighted by atomic mass is 16.5. The third-order valence-corrected chi connectivity index (χ3v) is 3.58. The number of hydrazone groups is 1. The first-order valence-electron chi connectivity index (χ1n) is 8.47.